The minimum absolute atomic E-state index is 0. The van der Waals surface area contributed by atoms with Crippen molar-refractivity contribution in [2.45, 2.75) is 25.8 Å². The molecule has 2 N–H and O–H groups in total. The molecule has 2 unspecified atom stereocenters. The van der Waals surface area contributed by atoms with E-state index in [1.54, 1.807) is 14.2 Å². The summed E-state index contributed by atoms with van der Waals surface area (Å²) in [6, 6.07) is 16.6. The second kappa shape index (κ2) is 11.1. The third-order valence-corrected chi connectivity index (χ3v) is 4.93. The van der Waals surface area contributed by atoms with Gasteiger partial charge >= 0.3 is 0 Å². The third-order valence-electron chi connectivity index (χ3n) is 4.93. The number of guanidine groups is 1. The van der Waals surface area contributed by atoms with Gasteiger partial charge in [0.1, 0.15) is 11.5 Å². The Labute approximate surface area is 184 Å². The highest BCUT2D eigenvalue weighted by Gasteiger charge is 2.37. The van der Waals surface area contributed by atoms with Gasteiger partial charge in [-0.25, -0.2) is 4.99 Å². The van der Waals surface area contributed by atoms with Crippen molar-refractivity contribution in [1.29, 1.82) is 0 Å². The van der Waals surface area contributed by atoms with Crippen LogP contribution in [-0.4, -0.2) is 33.3 Å². The molecule has 152 valence electrons. The summed E-state index contributed by atoms with van der Waals surface area (Å²) in [7, 11) is 3.32. The Morgan fingerprint density at radius 1 is 1.07 bits per heavy atom. The van der Waals surface area contributed by atoms with Gasteiger partial charge in [0.15, 0.2) is 5.96 Å². The van der Waals surface area contributed by atoms with E-state index >= 15 is 0 Å². The fourth-order valence-electron chi connectivity index (χ4n) is 3.30. The lowest BCUT2D eigenvalue weighted by molar-refractivity contribution is 0.391. The number of hydrogen-bond donors (Lipinski definition) is 2. The van der Waals surface area contributed by atoms with E-state index in [0.717, 1.165) is 36.1 Å². The molecule has 5 nitrogen and oxygen atoms in total. The maximum absolute atomic E-state index is 5.46. The van der Waals surface area contributed by atoms with Gasteiger partial charge in [0, 0.05) is 24.7 Å². The molecule has 0 saturated heterocycles. The molecule has 1 aliphatic rings. The van der Waals surface area contributed by atoms with Crippen molar-refractivity contribution in [2.75, 3.05) is 27.3 Å². The van der Waals surface area contributed by atoms with Gasteiger partial charge in [-0.1, -0.05) is 30.3 Å². The molecule has 2 atom stereocenters. The average Bonchev–Trinajstić information content (AvgIpc) is 3.50. The van der Waals surface area contributed by atoms with Gasteiger partial charge in [-0.05, 0) is 42.9 Å². The summed E-state index contributed by atoms with van der Waals surface area (Å²) in [6.07, 6.45) is 1.24. The molecule has 0 aromatic heterocycles. The van der Waals surface area contributed by atoms with E-state index in [1.165, 1.54) is 12.0 Å². The van der Waals surface area contributed by atoms with Gasteiger partial charge in [-0.2, -0.15) is 0 Å². The lowest BCUT2D eigenvalue weighted by atomic mass is 10.1. The molecule has 3 rings (SSSR count). The van der Waals surface area contributed by atoms with E-state index in [4.69, 9.17) is 14.5 Å². The van der Waals surface area contributed by atoms with E-state index in [-0.39, 0.29) is 24.0 Å². The van der Waals surface area contributed by atoms with Crippen molar-refractivity contribution in [3.8, 4) is 11.5 Å². The first-order valence-electron chi connectivity index (χ1n) is 9.53. The summed E-state index contributed by atoms with van der Waals surface area (Å²) in [5, 5.41) is 6.81. The Hall–Kier alpha value is -1.96. The van der Waals surface area contributed by atoms with Gasteiger partial charge in [-0.3, -0.25) is 0 Å². The number of nitrogens with one attached hydrogen (secondary N) is 2. The molecule has 0 bridgehead atoms. The van der Waals surface area contributed by atoms with Crippen LogP contribution >= 0.6 is 24.0 Å². The van der Waals surface area contributed by atoms with Crippen molar-refractivity contribution in [1.82, 2.24) is 10.6 Å². The van der Waals surface area contributed by atoms with Gasteiger partial charge in [-0.15, -0.1) is 24.0 Å². The second-order valence-electron chi connectivity index (χ2n) is 6.77. The van der Waals surface area contributed by atoms with Crippen LogP contribution in [0.25, 0.3) is 0 Å². The lowest BCUT2D eigenvalue weighted by Crippen LogP contribution is -2.38. The predicted molar refractivity (Wildman–Crippen MR) is 125 cm³/mol. The Kier molecular flexibility index (Phi) is 8.89. The van der Waals surface area contributed by atoms with Crippen LogP contribution in [0.4, 0.5) is 0 Å². The Balaban J connectivity index is 0.00000280. The first-order chi connectivity index (χ1) is 13.2. The quantitative estimate of drug-likeness (QED) is 0.328. The molecule has 0 spiro atoms. The van der Waals surface area contributed by atoms with Gasteiger partial charge in [0.2, 0.25) is 0 Å². The number of aliphatic imine (C=N–C) groups is 1. The fourth-order valence-corrected chi connectivity index (χ4v) is 3.30. The molecule has 0 radical (unpaired) electrons. The van der Waals surface area contributed by atoms with Crippen molar-refractivity contribution in [2.24, 2.45) is 10.9 Å². The summed E-state index contributed by atoms with van der Waals surface area (Å²) in [6.45, 7) is 4.40. The molecule has 28 heavy (non-hydrogen) atoms. The van der Waals surface area contributed by atoms with Gasteiger partial charge in [0.25, 0.3) is 0 Å². The number of methoxy groups -OCH3 is 2. The van der Waals surface area contributed by atoms with E-state index in [0.29, 0.717) is 18.4 Å². The third kappa shape index (κ3) is 6.02. The lowest BCUT2D eigenvalue weighted by Gasteiger charge is -2.13. The normalized spacial score (nSPS) is 18.0. The van der Waals surface area contributed by atoms with Crippen molar-refractivity contribution in [3.63, 3.8) is 0 Å². The summed E-state index contributed by atoms with van der Waals surface area (Å²) in [5.74, 6) is 3.76. The maximum Gasteiger partial charge on any atom is 0.191 e. The van der Waals surface area contributed by atoms with Crippen LogP contribution in [0.2, 0.25) is 0 Å². The minimum atomic E-state index is 0. The van der Waals surface area contributed by atoms with Crippen LogP contribution in [0.15, 0.2) is 53.5 Å². The maximum atomic E-state index is 5.46. The molecule has 0 heterocycles. The number of rotatable bonds is 8. The molecule has 1 aliphatic carbocycles. The van der Waals surface area contributed by atoms with Crippen LogP contribution < -0.4 is 20.1 Å². The van der Waals surface area contributed by atoms with E-state index < -0.39 is 0 Å². The molecule has 6 heteroatoms. The zero-order valence-corrected chi connectivity index (χ0v) is 19.1. The summed E-state index contributed by atoms with van der Waals surface area (Å²) in [5.41, 5.74) is 2.47. The molecular weight excluding hydrogens is 465 g/mol. The van der Waals surface area contributed by atoms with Crippen LogP contribution in [0.1, 0.15) is 30.4 Å². The summed E-state index contributed by atoms with van der Waals surface area (Å²) >= 11 is 0. The SMILES string of the molecule is CCNC(=NCc1ccc(OC)cc1OC)NCC1CC1c1ccccc1.I. The highest BCUT2D eigenvalue weighted by molar-refractivity contribution is 14.0. The Morgan fingerprint density at radius 2 is 1.86 bits per heavy atom. The molecular formula is C22H30IN3O2. The standard InChI is InChI=1S/C22H29N3O2.HI/c1-4-23-22(24-14-17-10-11-19(26-2)13-21(17)27-3)25-15-18-12-20(18)16-8-6-5-7-9-16;/h5-11,13,18,20H,4,12,14-15H2,1-3H3,(H2,23,24,25);1H. The van der Waals surface area contributed by atoms with E-state index in [2.05, 4.69) is 47.9 Å². The molecule has 1 saturated carbocycles. The summed E-state index contributed by atoms with van der Waals surface area (Å²) in [4.78, 5) is 4.72. The van der Waals surface area contributed by atoms with Crippen LogP contribution in [0.3, 0.4) is 0 Å². The minimum Gasteiger partial charge on any atom is -0.497 e. The smallest absolute Gasteiger partial charge is 0.191 e. The monoisotopic (exact) mass is 495 g/mol. The predicted octanol–water partition coefficient (Wildman–Crippen LogP) is 4.18. The highest BCUT2D eigenvalue weighted by Crippen LogP contribution is 2.46. The number of nitrogens with zero attached hydrogens (tertiary/aromatic N) is 1. The number of hydrogen-bond acceptors (Lipinski definition) is 3. The first kappa shape index (κ1) is 22.3. The zero-order chi connectivity index (χ0) is 19.1. The van der Waals surface area contributed by atoms with Crippen LogP contribution in [0.5, 0.6) is 11.5 Å². The summed E-state index contributed by atoms with van der Waals surface area (Å²) < 4.78 is 10.7. The molecule has 2 aromatic rings. The molecule has 2 aromatic carbocycles. The van der Waals surface area contributed by atoms with E-state index in [1.807, 2.05) is 18.2 Å². The molecule has 0 amide bonds. The van der Waals surface area contributed by atoms with Crippen molar-refractivity contribution in [3.05, 3.63) is 59.7 Å². The number of halogens is 1. The van der Waals surface area contributed by atoms with Gasteiger partial charge < -0.3 is 20.1 Å². The second-order valence-corrected chi connectivity index (χ2v) is 6.77. The molecule has 0 aliphatic heterocycles. The van der Waals surface area contributed by atoms with Gasteiger partial charge in [0.05, 0.1) is 20.8 Å². The number of ether oxygens (including phenoxy) is 2. The van der Waals surface area contributed by atoms with Crippen LogP contribution in [-0.2, 0) is 6.54 Å². The van der Waals surface area contributed by atoms with Crippen LogP contribution in [0, 0.1) is 5.92 Å². The highest BCUT2D eigenvalue weighted by atomic mass is 127. The zero-order valence-electron chi connectivity index (χ0n) is 16.8. The van der Waals surface area contributed by atoms with Crippen molar-refractivity contribution >= 4 is 29.9 Å². The van der Waals surface area contributed by atoms with Crippen molar-refractivity contribution < 1.29 is 9.47 Å². The fraction of sp³-hybridized carbons (Fsp3) is 0.409. The number of benzene rings is 2. The Bertz CT molecular complexity index is 768. The average molecular weight is 495 g/mol. The largest absolute Gasteiger partial charge is 0.497 e. The van der Waals surface area contributed by atoms with E-state index in [9.17, 15) is 0 Å². The first-order valence-corrected chi connectivity index (χ1v) is 9.53. The molecule has 1 fully saturated rings. The Morgan fingerprint density at radius 3 is 2.54 bits per heavy atom. The topological polar surface area (TPSA) is 54.9 Å².